The molecule has 2 rings (SSSR count). The molecule has 0 atom stereocenters. The lowest BCUT2D eigenvalue weighted by atomic mass is 10.1. The molecule has 21 heavy (non-hydrogen) atoms. The van der Waals surface area contributed by atoms with Crippen LogP contribution in [0.15, 0.2) is 54.6 Å². The lowest BCUT2D eigenvalue weighted by Gasteiger charge is -2.07. The van der Waals surface area contributed by atoms with Crippen molar-refractivity contribution in [2.75, 3.05) is 5.75 Å². The average molecular weight is 303 g/mol. The maximum atomic E-state index is 11.9. The van der Waals surface area contributed by atoms with E-state index in [1.165, 1.54) is 11.1 Å². The van der Waals surface area contributed by atoms with Gasteiger partial charge >= 0.3 is 0 Å². The molecule has 0 saturated heterocycles. The molecular formula is C17H21NO2S. The maximum Gasteiger partial charge on any atom is 0.211 e. The molecule has 0 aliphatic carbocycles. The molecule has 112 valence electrons. The quantitative estimate of drug-likeness (QED) is 0.854. The van der Waals surface area contributed by atoms with Gasteiger partial charge in [0.15, 0.2) is 0 Å². The summed E-state index contributed by atoms with van der Waals surface area (Å²) >= 11 is 0. The van der Waals surface area contributed by atoms with Crippen LogP contribution in [0.3, 0.4) is 0 Å². The van der Waals surface area contributed by atoms with E-state index in [4.69, 9.17) is 0 Å². The molecule has 0 fully saturated rings. The van der Waals surface area contributed by atoms with Crippen LogP contribution >= 0.6 is 0 Å². The summed E-state index contributed by atoms with van der Waals surface area (Å²) in [6.45, 7) is 2.37. The van der Waals surface area contributed by atoms with Gasteiger partial charge in [-0.05, 0) is 30.9 Å². The summed E-state index contributed by atoms with van der Waals surface area (Å²) in [6.07, 6.45) is 1.42. The van der Waals surface area contributed by atoms with Crippen LogP contribution in [0.1, 0.15) is 23.1 Å². The predicted octanol–water partition coefficient (Wildman–Crippen LogP) is 3.05. The summed E-state index contributed by atoms with van der Waals surface area (Å²) in [4.78, 5) is 0. The van der Waals surface area contributed by atoms with Crippen LogP contribution in [0.4, 0.5) is 0 Å². The smallest absolute Gasteiger partial charge is 0.211 e. The zero-order valence-electron chi connectivity index (χ0n) is 12.2. The molecule has 0 unspecified atom stereocenters. The summed E-state index contributed by atoms with van der Waals surface area (Å²) in [5.41, 5.74) is 3.32. The molecule has 0 aliphatic heterocycles. The highest BCUT2D eigenvalue weighted by molar-refractivity contribution is 7.89. The zero-order valence-corrected chi connectivity index (χ0v) is 13.1. The van der Waals surface area contributed by atoms with E-state index in [2.05, 4.69) is 4.72 Å². The molecule has 0 radical (unpaired) electrons. The summed E-state index contributed by atoms with van der Waals surface area (Å²) < 4.78 is 26.6. The SMILES string of the molecule is Cc1ccc(CNS(=O)(=O)CCCc2ccccc2)cc1. The van der Waals surface area contributed by atoms with Crippen molar-refractivity contribution in [3.05, 3.63) is 71.3 Å². The van der Waals surface area contributed by atoms with Gasteiger partial charge in [0.25, 0.3) is 0 Å². The van der Waals surface area contributed by atoms with Gasteiger partial charge in [-0.1, -0.05) is 60.2 Å². The Labute approximate surface area is 127 Å². The number of benzene rings is 2. The Morgan fingerprint density at radius 3 is 2.24 bits per heavy atom. The molecule has 0 bridgehead atoms. The molecule has 1 N–H and O–H groups in total. The molecule has 0 spiro atoms. The van der Waals surface area contributed by atoms with Crippen molar-refractivity contribution in [3.63, 3.8) is 0 Å². The highest BCUT2D eigenvalue weighted by Gasteiger charge is 2.09. The molecule has 2 aromatic rings. The van der Waals surface area contributed by atoms with Crippen molar-refractivity contribution in [2.24, 2.45) is 0 Å². The number of sulfonamides is 1. The Morgan fingerprint density at radius 1 is 0.905 bits per heavy atom. The van der Waals surface area contributed by atoms with E-state index >= 15 is 0 Å². The van der Waals surface area contributed by atoms with Crippen molar-refractivity contribution in [1.82, 2.24) is 4.72 Å². The van der Waals surface area contributed by atoms with Gasteiger partial charge in [0.2, 0.25) is 10.0 Å². The normalized spacial score (nSPS) is 11.5. The Kier molecular flexibility index (Phi) is 5.53. The number of nitrogens with one attached hydrogen (secondary N) is 1. The lowest BCUT2D eigenvalue weighted by molar-refractivity contribution is 0.578. The lowest BCUT2D eigenvalue weighted by Crippen LogP contribution is -2.26. The highest BCUT2D eigenvalue weighted by atomic mass is 32.2. The molecule has 0 heterocycles. The Bertz CT molecular complexity index is 649. The number of hydrogen-bond donors (Lipinski definition) is 1. The first-order chi connectivity index (χ1) is 10.1. The first-order valence-electron chi connectivity index (χ1n) is 7.12. The van der Waals surface area contributed by atoms with E-state index in [-0.39, 0.29) is 5.75 Å². The van der Waals surface area contributed by atoms with E-state index in [1.807, 2.05) is 61.5 Å². The van der Waals surface area contributed by atoms with E-state index in [9.17, 15) is 8.42 Å². The third-order valence-corrected chi connectivity index (χ3v) is 4.75. The van der Waals surface area contributed by atoms with Crippen LogP contribution in [0, 0.1) is 6.92 Å². The monoisotopic (exact) mass is 303 g/mol. The van der Waals surface area contributed by atoms with Crippen LogP contribution in [0.5, 0.6) is 0 Å². The van der Waals surface area contributed by atoms with Crippen molar-refractivity contribution >= 4 is 10.0 Å². The Hall–Kier alpha value is -1.65. The third-order valence-electron chi connectivity index (χ3n) is 3.34. The van der Waals surface area contributed by atoms with Gasteiger partial charge in [-0.15, -0.1) is 0 Å². The highest BCUT2D eigenvalue weighted by Crippen LogP contribution is 2.06. The summed E-state index contributed by atoms with van der Waals surface area (Å²) in [6, 6.07) is 17.8. The zero-order chi connectivity index (χ0) is 15.1. The summed E-state index contributed by atoms with van der Waals surface area (Å²) in [5.74, 6) is 0.160. The molecule has 0 aromatic heterocycles. The predicted molar refractivity (Wildman–Crippen MR) is 86.6 cm³/mol. The fraction of sp³-hybridized carbons (Fsp3) is 0.294. The van der Waals surface area contributed by atoms with Crippen LogP contribution < -0.4 is 4.72 Å². The standard InChI is InChI=1S/C17H21NO2S/c1-15-9-11-17(12-10-15)14-18-21(19,20)13-5-8-16-6-3-2-4-7-16/h2-4,6-7,9-12,18H,5,8,13-14H2,1H3. The second-order valence-corrected chi connectivity index (χ2v) is 7.14. The fourth-order valence-corrected chi connectivity index (χ4v) is 3.14. The Morgan fingerprint density at radius 2 is 1.57 bits per heavy atom. The van der Waals surface area contributed by atoms with Crippen LogP contribution in [0.2, 0.25) is 0 Å². The minimum Gasteiger partial charge on any atom is -0.212 e. The van der Waals surface area contributed by atoms with Crippen LogP contribution in [0.25, 0.3) is 0 Å². The molecular weight excluding hydrogens is 282 g/mol. The number of hydrogen-bond acceptors (Lipinski definition) is 2. The summed E-state index contributed by atoms with van der Waals surface area (Å²) in [7, 11) is -3.21. The van der Waals surface area contributed by atoms with Crippen molar-refractivity contribution in [3.8, 4) is 0 Å². The van der Waals surface area contributed by atoms with Gasteiger partial charge in [-0.3, -0.25) is 0 Å². The number of aryl methyl sites for hydroxylation is 2. The largest absolute Gasteiger partial charge is 0.212 e. The van der Waals surface area contributed by atoms with E-state index in [1.54, 1.807) is 0 Å². The minimum atomic E-state index is -3.21. The first kappa shape index (κ1) is 15.7. The maximum absolute atomic E-state index is 11.9. The molecule has 3 nitrogen and oxygen atoms in total. The topological polar surface area (TPSA) is 46.2 Å². The van der Waals surface area contributed by atoms with E-state index < -0.39 is 10.0 Å². The van der Waals surface area contributed by atoms with Crippen LogP contribution in [-0.2, 0) is 23.0 Å². The van der Waals surface area contributed by atoms with Gasteiger partial charge in [0.05, 0.1) is 5.75 Å². The first-order valence-corrected chi connectivity index (χ1v) is 8.77. The molecule has 4 heteroatoms. The van der Waals surface area contributed by atoms with Crippen LogP contribution in [-0.4, -0.2) is 14.2 Å². The summed E-state index contributed by atoms with van der Waals surface area (Å²) in [5, 5.41) is 0. The van der Waals surface area contributed by atoms with E-state index in [0.29, 0.717) is 13.0 Å². The molecule has 0 amide bonds. The van der Waals surface area contributed by atoms with Gasteiger partial charge in [0, 0.05) is 6.54 Å². The fourth-order valence-electron chi connectivity index (χ4n) is 2.08. The molecule has 0 saturated carbocycles. The van der Waals surface area contributed by atoms with E-state index in [0.717, 1.165) is 12.0 Å². The van der Waals surface area contributed by atoms with Crippen molar-refractivity contribution in [1.29, 1.82) is 0 Å². The number of rotatable bonds is 7. The van der Waals surface area contributed by atoms with Gasteiger partial charge in [-0.2, -0.15) is 0 Å². The van der Waals surface area contributed by atoms with Crippen molar-refractivity contribution < 1.29 is 8.42 Å². The second kappa shape index (κ2) is 7.38. The van der Waals surface area contributed by atoms with Crippen molar-refractivity contribution in [2.45, 2.75) is 26.3 Å². The third kappa shape index (κ3) is 5.69. The molecule has 0 aliphatic rings. The minimum absolute atomic E-state index is 0.160. The average Bonchev–Trinajstić information content (AvgIpc) is 2.48. The Balaban J connectivity index is 1.78. The van der Waals surface area contributed by atoms with Gasteiger partial charge in [0.1, 0.15) is 0 Å². The molecule has 2 aromatic carbocycles. The van der Waals surface area contributed by atoms with Gasteiger partial charge < -0.3 is 0 Å². The van der Waals surface area contributed by atoms with Gasteiger partial charge in [-0.25, -0.2) is 13.1 Å². The second-order valence-electron chi connectivity index (χ2n) is 5.21.